The van der Waals surface area contributed by atoms with E-state index in [-0.39, 0.29) is 29.6 Å². The molecule has 0 spiro atoms. The molecule has 0 radical (unpaired) electrons. The predicted octanol–water partition coefficient (Wildman–Crippen LogP) is -3.87. The van der Waals surface area contributed by atoms with Gasteiger partial charge < -0.3 is 26.1 Å². The van der Waals surface area contributed by atoms with E-state index in [4.69, 9.17) is 10.8 Å². The quantitative estimate of drug-likeness (QED) is 0.292. The molecule has 0 saturated heterocycles. The molecule has 0 aliphatic carbocycles. The molecule has 0 atom stereocenters. The van der Waals surface area contributed by atoms with Crippen molar-refractivity contribution >= 4 is 23.3 Å². The third-order valence-corrected chi connectivity index (χ3v) is 1.55. The molecule has 18 heavy (non-hydrogen) atoms. The number of carbonyl (C=O) groups excluding carboxylic acids is 2. The summed E-state index contributed by atoms with van der Waals surface area (Å²) in [7, 11) is 1.00. The fraction of sp³-hybridized carbons (Fsp3) is 0.0909. The van der Waals surface area contributed by atoms with Gasteiger partial charge in [0.25, 0.3) is 0 Å². The van der Waals surface area contributed by atoms with Crippen LogP contribution in [0.15, 0.2) is 36.4 Å². The minimum Gasteiger partial charge on any atom is -0.545 e. The predicted molar refractivity (Wildman–Crippen MR) is 61.8 cm³/mol. The van der Waals surface area contributed by atoms with Crippen molar-refractivity contribution in [2.75, 3.05) is 18.2 Å². The van der Waals surface area contributed by atoms with Gasteiger partial charge in [0.05, 0.1) is 5.97 Å². The van der Waals surface area contributed by atoms with Crippen molar-refractivity contribution in [2.24, 2.45) is 0 Å². The van der Waals surface area contributed by atoms with Gasteiger partial charge in [0.2, 0.25) is 5.91 Å². The number of benzene rings is 1. The molecule has 1 rings (SSSR count). The number of hydrogen-bond donors (Lipinski definition) is 3. The monoisotopic (exact) mass is 260 g/mol. The van der Waals surface area contributed by atoms with Crippen molar-refractivity contribution in [2.45, 2.75) is 0 Å². The summed E-state index contributed by atoms with van der Waals surface area (Å²) in [6, 6.07) is 6.47. The van der Waals surface area contributed by atoms with Gasteiger partial charge in [-0.1, -0.05) is 0 Å². The number of carboxylic acid groups (broad SMARTS) is 1. The average molecular weight is 260 g/mol. The van der Waals surface area contributed by atoms with Crippen LogP contribution in [-0.4, -0.2) is 24.1 Å². The maximum Gasteiger partial charge on any atom is 1.00 e. The van der Waals surface area contributed by atoms with E-state index in [0.717, 1.165) is 13.2 Å². The normalized spacial score (nSPS) is 8.78. The molecule has 1 amide bonds. The first-order valence-electron chi connectivity index (χ1n) is 4.58. The molecule has 0 aliphatic heterocycles. The van der Waals surface area contributed by atoms with Gasteiger partial charge in [-0.25, -0.2) is 0 Å². The van der Waals surface area contributed by atoms with E-state index >= 15 is 0 Å². The molecule has 0 unspecified atom stereocenters. The molecule has 0 saturated carbocycles. The Labute approximate surface area is 127 Å². The van der Waals surface area contributed by atoms with Gasteiger partial charge in [0.1, 0.15) is 0 Å². The zero-order valence-electron chi connectivity index (χ0n) is 10.2. The van der Waals surface area contributed by atoms with Crippen molar-refractivity contribution in [3.8, 4) is 0 Å². The first-order chi connectivity index (χ1) is 8.08. The van der Waals surface area contributed by atoms with Gasteiger partial charge in [-0.05, 0) is 30.3 Å². The van der Waals surface area contributed by atoms with Crippen LogP contribution < -0.4 is 45.7 Å². The Morgan fingerprint density at radius 1 is 1.22 bits per heavy atom. The number of nitrogen functional groups attached to an aromatic ring is 1. The van der Waals surface area contributed by atoms with E-state index < -0.39 is 11.9 Å². The second-order valence-electron chi connectivity index (χ2n) is 2.76. The van der Waals surface area contributed by atoms with Crippen molar-refractivity contribution in [3.05, 3.63) is 36.4 Å². The fourth-order valence-corrected chi connectivity index (χ4v) is 0.894. The van der Waals surface area contributed by atoms with Gasteiger partial charge in [-0.15, -0.1) is 0 Å². The Kier molecular flexibility index (Phi) is 11.4. The van der Waals surface area contributed by atoms with Gasteiger partial charge in [-0.3, -0.25) is 4.79 Å². The Morgan fingerprint density at radius 3 is 2.17 bits per heavy atom. The van der Waals surface area contributed by atoms with Crippen molar-refractivity contribution in [3.63, 3.8) is 0 Å². The molecule has 4 N–H and O–H groups in total. The van der Waals surface area contributed by atoms with E-state index in [1.165, 1.54) is 0 Å². The summed E-state index contributed by atoms with van der Waals surface area (Å²) < 4.78 is 0. The summed E-state index contributed by atoms with van der Waals surface area (Å²) in [6.45, 7) is 0. The summed E-state index contributed by atoms with van der Waals surface area (Å²) in [5, 5.41) is 19.5. The zero-order chi connectivity index (χ0) is 13.3. The van der Waals surface area contributed by atoms with Crippen LogP contribution in [0.4, 0.5) is 11.4 Å². The Balaban J connectivity index is 0. The number of aliphatic hydroxyl groups is 1. The first kappa shape index (κ1) is 19.0. The van der Waals surface area contributed by atoms with Crippen LogP contribution in [0.25, 0.3) is 0 Å². The summed E-state index contributed by atoms with van der Waals surface area (Å²) in [5.74, 6) is -1.95. The SMILES string of the molecule is CO.Nc1ccc(NC(=O)/C=C\C(=O)[O-])cc1.[Na+]. The molecule has 0 bridgehead atoms. The minimum absolute atomic E-state index is 0. The molecule has 0 heterocycles. The minimum atomic E-state index is -1.41. The molecule has 0 aliphatic rings. The van der Waals surface area contributed by atoms with E-state index in [1.807, 2.05) is 0 Å². The number of anilines is 2. The van der Waals surface area contributed by atoms with Crippen molar-refractivity contribution in [1.29, 1.82) is 0 Å². The number of carboxylic acids is 1. The third-order valence-electron chi connectivity index (χ3n) is 1.55. The smallest absolute Gasteiger partial charge is 0.545 e. The molecular weight excluding hydrogens is 247 g/mol. The Hall–Kier alpha value is -1.34. The number of aliphatic carboxylic acids is 1. The fourth-order valence-electron chi connectivity index (χ4n) is 0.894. The van der Waals surface area contributed by atoms with Crippen LogP contribution in [0, 0.1) is 0 Å². The van der Waals surface area contributed by atoms with Crippen molar-refractivity contribution in [1.82, 2.24) is 0 Å². The second kappa shape index (κ2) is 10.8. The van der Waals surface area contributed by atoms with Crippen LogP contribution in [0.2, 0.25) is 0 Å². The maximum absolute atomic E-state index is 11.1. The zero-order valence-corrected chi connectivity index (χ0v) is 12.2. The molecule has 7 heteroatoms. The average Bonchev–Trinajstić information content (AvgIpc) is 2.32. The molecule has 0 fully saturated rings. The number of aliphatic hydroxyl groups excluding tert-OH is 1. The molecular formula is C11H13N2NaO4. The Morgan fingerprint density at radius 2 is 1.72 bits per heavy atom. The van der Waals surface area contributed by atoms with Gasteiger partial charge in [0.15, 0.2) is 0 Å². The van der Waals surface area contributed by atoms with Gasteiger partial charge in [-0.2, -0.15) is 0 Å². The molecule has 1 aromatic carbocycles. The van der Waals surface area contributed by atoms with E-state index in [0.29, 0.717) is 17.5 Å². The summed E-state index contributed by atoms with van der Waals surface area (Å²) in [5.41, 5.74) is 6.56. The number of rotatable bonds is 3. The van der Waals surface area contributed by atoms with Crippen LogP contribution in [0.5, 0.6) is 0 Å². The number of carbonyl (C=O) groups is 2. The molecule has 6 nitrogen and oxygen atoms in total. The van der Waals surface area contributed by atoms with Gasteiger partial charge >= 0.3 is 29.6 Å². The standard InChI is InChI=1S/C10H10N2O3.CH4O.Na/c11-7-1-3-8(4-2-7)12-9(13)5-6-10(14)15;1-2;/h1-6H,11H2,(H,12,13)(H,14,15);2H,1H3;/q;;+1/p-1/b6-5-;;. The topological polar surface area (TPSA) is 115 Å². The van der Waals surface area contributed by atoms with Gasteiger partial charge in [0, 0.05) is 24.6 Å². The summed E-state index contributed by atoms with van der Waals surface area (Å²) in [4.78, 5) is 21.1. The van der Waals surface area contributed by atoms with Crippen LogP contribution in [0.1, 0.15) is 0 Å². The van der Waals surface area contributed by atoms with E-state index in [1.54, 1.807) is 24.3 Å². The Bertz CT molecular complexity index is 404. The van der Waals surface area contributed by atoms with E-state index in [2.05, 4.69) is 5.32 Å². The number of hydrogen-bond acceptors (Lipinski definition) is 5. The second-order valence-corrected chi connectivity index (χ2v) is 2.76. The van der Waals surface area contributed by atoms with Crippen LogP contribution >= 0.6 is 0 Å². The summed E-state index contributed by atoms with van der Waals surface area (Å²) >= 11 is 0. The third kappa shape index (κ3) is 8.77. The number of nitrogens with one attached hydrogen (secondary N) is 1. The summed E-state index contributed by atoms with van der Waals surface area (Å²) in [6.07, 6.45) is 1.54. The van der Waals surface area contributed by atoms with Crippen LogP contribution in [0.3, 0.4) is 0 Å². The molecule has 1 aromatic rings. The number of amides is 1. The van der Waals surface area contributed by atoms with Crippen LogP contribution in [-0.2, 0) is 9.59 Å². The molecule has 92 valence electrons. The largest absolute Gasteiger partial charge is 1.00 e. The van der Waals surface area contributed by atoms with E-state index in [9.17, 15) is 14.7 Å². The maximum atomic E-state index is 11.1. The number of nitrogens with two attached hydrogens (primary N) is 1. The first-order valence-corrected chi connectivity index (χ1v) is 4.58. The molecule has 0 aromatic heterocycles. The van der Waals surface area contributed by atoms with Crippen molar-refractivity contribution < 1.29 is 49.4 Å².